The van der Waals surface area contributed by atoms with Gasteiger partial charge in [-0.1, -0.05) is 18.2 Å². The van der Waals surface area contributed by atoms with Crippen LogP contribution in [0, 0.1) is 11.6 Å². The van der Waals surface area contributed by atoms with Crippen LogP contribution in [0.3, 0.4) is 0 Å². The van der Waals surface area contributed by atoms with Gasteiger partial charge in [0.1, 0.15) is 5.60 Å². The zero-order valence-corrected chi connectivity index (χ0v) is 13.3. The molecule has 2 aromatic rings. The summed E-state index contributed by atoms with van der Waals surface area (Å²) in [5.74, 6) is -1.57. The van der Waals surface area contributed by atoms with Crippen molar-refractivity contribution in [1.29, 1.82) is 0 Å². The van der Waals surface area contributed by atoms with Gasteiger partial charge in [0.05, 0.1) is 5.69 Å². The molecule has 7 heteroatoms. The van der Waals surface area contributed by atoms with Gasteiger partial charge in [-0.3, -0.25) is 0 Å². The molecule has 0 unspecified atom stereocenters. The summed E-state index contributed by atoms with van der Waals surface area (Å²) in [6.07, 6.45) is -0.459. The van der Waals surface area contributed by atoms with Crippen molar-refractivity contribution < 1.29 is 18.3 Å². The van der Waals surface area contributed by atoms with Gasteiger partial charge in [-0.25, -0.2) is 13.6 Å². The largest absolute Gasteiger partial charge is 0.443 e. The molecule has 0 aliphatic carbocycles. The van der Waals surface area contributed by atoms with Crippen LogP contribution in [-0.2, 0) is 11.2 Å². The van der Waals surface area contributed by atoms with Gasteiger partial charge in [0.25, 0.3) is 0 Å². The van der Waals surface area contributed by atoms with E-state index in [0.29, 0.717) is 12.1 Å². The third-order valence-electron chi connectivity index (χ3n) is 3.12. The van der Waals surface area contributed by atoms with Crippen molar-refractivity contribution in [2.45, 2.75) is 25.9 Å². The molecule has 0 spiro atoms. The molecule has 5 nitrogen and oxygen atoms in total. The number of hydrogen-bond acceptors (Lipinski definition) is 4. The highest BCUT2D eigenvalue weighted by Crippen LogP contribution is 2.26. The predicted octanol–water partition coefficient (Wildman–Crippen LogP) is 4.80. The third kappa shape index (κ3) is 4.84. The molecule has 0 atom stereocenters. The van der Waals surface area contributed by atoms with Crippen LogP contribution in [0.25, 0.3) is 0 Å². The number of azo groups is 1. The maximum Gasteiger partial charge on any atom is 0.405 e. The van der Waals surface area contributed by atoms with Crippen LogP contribution in [0.5, 0.6) is 0 Å². The van der Waals surface area contributed by atoms with Gasteiger partial charge in [0.15, 0.2) is 17.3 Å². The van der Waals surface area contributed by atoms with Crippen LogP contribution < -0.4 is 5.73 Å². The van der Waals surface area contributed by atoms with Gasteiger partial charge in [-0.05, 0) is 43.7 Å². The number of carbonyl (C=O) groups excluding carboxylic acids is 1. The number of halogens is 2. The van der Waals surface area contributed by atoms with Gasteiger partial charge < -0.3 is 10.5 Å². The Morgan fingerprint density at radius 1 is 1.12 bits per heavy atom. The Labute approximate surface area is 138 Å². The van der Waals surface area contributed by atoms with Gasteiger partial charge >= 0.3 is 6.09 Å². The highest BCUT2D eigenvalue weighted by molar-refractivity contribution is 5.65. The van der Waals surface area contributed by atoms with E-state index in [1.54, 1.807) is 32.0 Å². The quantitative estimate of drug-likeness (QED) is 0.798. The number of amides is 1. The molecule has 2 N–H and O–H groups in total. The summed E-state index contributed by atoms with van der Waals surface area (Å²) in [7, 11) is 0. The van der Waals surface area contributed by atoms with E-state index in [1.807, 2.05) is 6.07 Å². The monoisotopic (exact) mass is 333 g/mol. The molecular formula is C17H17F2N3O2. The fourth-order valence-electron chi connectivity index (χ4n) is 2.22. The minimum atomic E-state index is -0.856. The number of hydrogen-bond donors (Lipinski definition) is 1. The first kappa shape index (κ1) is 17.5. The SMILES string of the molecule is CC(C)(Cc1cccc(N=Nc2c(F)cccc2F)c1)OC(N)=O. The summed E-state index contributed by atoms with van der Waals surface area (Å²) >= 11 is 0. The number of rotatable bonds is 5. The fraction of sp³-hybridized carbons (Fsp3) is 0.235. The van der Waals surface area contributed by atoms with Crippen molar-refractivity contribution in [3.8, 4) is 0 Å². The zero-order valence-electron chi connectivity index (χ0n) is 13.3. The van der Waals surface area contributed by atoms with Crippen LogP contribution in [0.1, 0.15) is 19.4 Å². The Morgan fingerprint density at radius 2 is 1.75 bits per heavy atom. The molecule has 0 fully saturated rings. The summed E-state index contributed by atoms with van der Waals surface area (Å²) in [5.41, 5.74) is 5.03. The van der Waals surface area contributed by atoms with E-state index in [0.717, 1.165) is 17.7 Å². The number of nitrogens with two attached hydrogens (primary N) is 1. The molecule has 0 radical (unpaired) electrons. The second-order valence-electron chi connectivity index (χ2n) is 5.80. The van der Waals surface area contributed by atoms with Crippen LogP contribution in [0.4, 0.5) is 25.0 Å². The summed E-state index contributed by atoms with van der Waals surface area (Å²) in [5, 5.41) is 7.49. The summed E-state index contributed by atoms with van der Waals surface area (Å²) in [4.78, 5) is 10.9. The average Bonchev–Trinajstić information content (AvgIpc) is 2.45. The molecule has 1 amide bonds. The molecule has 0 heterocycles. The van der Waals surface area contributed by atoms with Crippen molar-refractivity contribution in [2.75, 3.05) is 0 Å². The fourth-order valence-corrected chi connectivity index (χ4v) is 2.22. The molecular weight excluding hydrogens is 316 g/mol. The molecule has 126 valence electrons. The number of carbonyl (C=O) groups is 1. The first-order valence-corrected chi connectivity index (χ1v) is 7.20. The normalized spacial score (nSPS) is 11.7. The van der Waals surface area contributed by atoms with E-state index in [9.17, 15) is 13.6 Å². The minimum Gasteiger partial charge on any atom is -0.443 e. The number of benzene rings is 2. The second kappa shape index (κ2) is 7.16. The Hall–Kier alpha value is -2.83. The number of primary amides is 1. The maximum absolute atomic E-state index is 13.5. The first-order valence-electron chi connectivity index (χ1n) is 7.20. The highest BCUT2D eigenvalue weighted by atomic mass is 19.1. The Kier molecular flexibility index (Phi) is 5.23. The van der Waals surface area contributed by atoms with E-state index in [2.05, 4.69) is 10.2 Å². The van der Waals surface area contributed by atoms with Crippen molar-refractivity contribution in [3.63, 3.8) is 0 Å². The minimum absolute atomic E-state index is 0.396. The van der Waals surface area contributed by atoms with Crippen LogP contribution >= 0.6 is 0 Å². The molecule has 0 aromatic heterocycles. The second-order valence-corrected chi connectivity index (χ2v) is 5.80. The standard InChI is InChI=1S/C17H17F2N3O2/c1-17(2,24-16(20)23)10-11-5-3-6-12(9-11)21-22-15-13(18)7-4-8-14(15)19/h3-9H,10H2,1-2H3,(H2,20,23). The lowest BCUT2D eigenvalue weighted by Gasteiger charge is -2.24. The Balaban J connectivity index is 2.19. The zero-order chi connectivity index (χ0) is 17.7. The lowest BCUT2D eigenvalue weighted by atomic mass is 9.98. The molecule has 2 rings (SSSR count). The molecule has 24 heavy (non-hydrogen) atoms. The first-order chi connectivity index (χ1) is 11.3. The molecule has 0 saturated carbocycles. The van der Waals surface area contributed by atoms with E-state index in [-0.39, 0.29) is 0 Å². The van der Waals surface area contributed by atoms with Gasteiger partial charge in [0.2, 0.25) is 0 Å². The van der Waals surface area contributed by atoms with E-state index < -0.39 is 29.0 Å². The number of ether oxygens (including phenoxy) is 1. The molecule has 2 aromatic carbocycles. The number of nitrogens with zero attached hydrogens (tertiary/aromatic N) is 2. The lowest BCUT2D eigenvalue weighted by Crippen LogP contribution is -2.33. The van der Waals surface area contributed by atoms with E-state index in [4.69, 9.17) is 10.5 Å². The van der Waals surface area contributed by atoms with Crippen LogP contribution in [0.15, 0.2) is 52.7 Å². The Bertz CT molecular complexity index is 756. The summed E-state index contributed by atoms with van der Waals surface area (Å²) in [6, 6.07) is 10.3. The topological polar surface area (TPSA) is 77.0 Å². The summed E-state index contributed by atoms with van der Waals surface area (Å²) in [6.45, 7) is 3.45. The van der Waals surface area contributed by atoms with E-state index in [1.165, 1.54) is 6.07 Å². The average molecular weight is 333 g/mol. The smallest absolute Gasteiger partial charge is 0.405 e. The van der Waals surface area contributed by atoms with Crippen molar-refractivity contribution in [2.24, 2.45) is 16.0 Å². The Morgan fingerprint density at radius 3 is 2.38 bits per heavy atom. The highest BCUT2D eigenvalue weighted by Gasteiger charge is 2.22. The van der Waals surface area contributed by atoms with Gasteiger partial charge in [0, 0.05) is 6.42 Å². The summed E-state index contributed by atoms with van der Waals surface area (Å²) < 4.78 is 32.1. The van der Waals surface area contributed by atoms with Crippen molar-refractivity contribution >= 4 is 17.5 Å². The third-order valence-corrected chi connectivity index (χ3v) is 3.12. The molecule has 0 bridgehead atoms. The molecule has 0 aliphatic rings. The maximum atomic E-state index is 13.5. The van der Waals surface area contributed by atoms with Gasteiger partial charge in [-0.15, -0.1) is 5.11 Å². The molecule has 0 saturated heterocycles. The van der Waals surface area contributed by atoms with Gasteiger partial charge in [-0.2, -0.15) is 5.11 Å². The predicted molar refractivity (Wildman–Crippen MR) is 85.4 cm³/mol. The lowest BCUT2D eigenvalue weighted by molar-refractivity contribution is 0.0460. The van der Waals surface area contributed by atoms with Crippen LogP contribution in [-0.4, -0.2) is 11.7 Å². The molecule has 0 aliphatic heterocycles. The van der Waals surface area contributed by atoms with E-state index >= 15 is 0 Å². The van der Waals surface area contributed by atoms with Crippen LogP contribution in [0.2, 0.25) is 0 Å². The van der Waals surface area contributed by atoms with Crippen molar-refractivity contribution in [3.05, 3.63) is 59.7 Å². The van der Waals surface area contributed by atoms with Crippen molar-refractivity contribution in [1.82, 2.24) is 0 Å².